The lowest BCUT2D eigenvalue weighted by Crippen LogP contribution is -2.45. The topological polar surface area (TPSA) is 67.7 Å². The van der Waals surface area contributed by atoms with E-state index in [-0.39, 0.29) is 18.0 Å². The summed E-state index contributed by atoms with van der Waals surface area (Å²) in [6.07, 6.45) is 4.91. The van der Waals surface area contributed by atoms with Crippen LogP contribution in [0.1, 0.15) is 44.0 Å². The lowest BCUT2D eigenvalue weighted by atomic mass is 10.2. The minimum absolute atomic E-state index is 0.0296. The molecule has 1 amide bonds. The third-order valence-electron chi connectivity index (χ3n) is 5.04. The Bertz CT molecular complexity index is 949. The molecule has 0 fully saturated rings. The highest BCUT2D eigenvalue weighted by molar-refractivity contribution is 5.81. The minimum Gasteiger partial charge on any atom is -0.487 e. The summed E-state index contributed by atoms with van der Waals surface area (Å²) in [5, 5.41) is 6.25. The summed E-state index contributed by atoms with van der Waals surface area (Å²) in [6.45, 7) is 9.05. The molecular formula is C23H30N4O2. The van der Waals surface area contributed by atoms with Gasteiger partial charge in [-0.1, -0.05) is 25.1 Å². The summed E-state index contributed by atoms with van der Waals surface area (Å²) in [7, 11) is 0. The van der Waals surface area contributed by atoms with Gasteiger partial charge in [-0.3, -0.25) is 4.79 Å². The molecule has 2 atom stereocenters. The van der Waals surface area contributed by atoms with Crippen molar-refractivity contribution in [2.45, 2.75) is 59.4 Å². The highest BCUT2D eigenvalue weighted by atomic mass is 16.5. The largest absolute Gasteiger partial charge is 0.487 e. The molecule has 6 heteroatoms. The first-order chi connectivity index (χ1) is 14.0. The number of pyridine rings is 1. The number of aromatic nitrogens is 2. The van der Waals surface area contributed by atoms with E-state index in [0.717, 1.165) is 34.6 Å². The van der Waals surface area contributed by atoms with Gasteiger partial charge in [-0.25, -0.2) is 4.98 Å². The first-order valence-corrected chi connectivity index (χ1v) is 10.1. The molecule has 0 saturated heterocycles. The molecule has 2 aromatic heterocycles. The molecule has 0 saturated carbocycles. The number of imidazole rings is 1. The van der Waals surface area contributed by atoms with E-state index in [1.165, 1.54) is 0 Å². The predicted octanol–water partition coefficient (Wildman–Crippen LogP) is 3.61. The number of benzene rings is 1. The maximum Gasteiger partial charge on any atom is 0.237 e. The maximum atomic E-state index is 12.1. The van der Waals surface area contributed by atoms with Crippen LogP contribution in [-0.4, -0.2) is 27.4 Å². The molecule has 154 valence electrons. The number of hydrogen-bond donors (Lipinski definition) is 2. The molecule has 6 nitrogen and oxygen atoms in total. The molecule has 2 N–H and O–H groups in total. The number of carbonyl (C=O) groups excluding carboxylic acids is 1. The van der Waals surface area contributed by atoms with E-state index < -0.39 is 0 Å². The van der Waals surface area contributed by atoms with Gasteiger partial charge in [0, 0.05) is 25.0 Å². The van der Waals surface area contributed by atoms with Crippen LogP contribution < -0.4 is 15.4 Å². The van der Waals surface area contributed by atoms with Gasteiger partial charge in [0.25, 0.3) is 0 Å². The summed E-state index contributed by atoms with van der Waals surface area (Å²) in [6, 6.07) is 11.9. The average molecular weight is 395 g/mol. The van der Waals surface area contributed by atoms with Crippen molar-refractivity contribution in [2.24, 2.45) is 0 Å². The van der Waals surface area contributed by atoms with E-state index in [1.54, 1.807) is 0 Å². The Morgan fingerprint density at radius 3 is 2.66 bits per heavy atom. The second kappa shape index (κ2) is 9.56. The standard InChI is InChI=1S/C23H30N4O2/c1-5-17(3)25-23(28)18(4)24-13-19-8-10-21(11-9-19)29-15-20-14-27-12-6-7-16(2)22(27)26-20/h6-12,14,17-18,24H,5,13,15H2,1-4H3,(H,25,28). The Labute approximate surface area is 172 Å². The smallest absolute Gasteiger partial charge is 0.237 e. The van der Waals surface area contributed by atoms with Crippen LogP contribution in [0, 0.1) is 6.92 Å². The van der Waals surface area contributed by atoms with Crippen molar-refractivity contribution < 1.29 is 9.53 Å². The van der Waals surface area contributed by atoms with E-state index >= 15 is 0 Å². The second-order valence-electron chi connectivity index (χ2n) is 7.51. The second-order valence-corrected chi connectivity index (χ2v) is 7.51. The van der Waals surface area contributed by atoms with Crippen molar-refractivity contribution >= 4 is 11.6 Å². The number of ether oxygens (including phenoxy) is 1. The van der Waals surface area contributed by atoms with E-state index in [4.69, 9.17) is 4.74 Å². The minimum atomic E-state index is -0.238. The number of rotatable bonds is 9. The van der Waals surface area contributed by atoms with Gasteiger partial charge in [0.1, 0.15) is 18.0 Å². The van der Waals surface area contributed by atoms with Crippen LogP contribution in [0.15, 0.2) is 48.8 Å². The zero-order chi connectivity index (χ0) is 20.8. The van der Waals surface area contributed by atoms with Crippen molar-refractivity contribution in [1.29, 1.82) is 0 Å². The lowest BCUT2D eigenvalue weighted by molar-refractivity contribution is -0.123. The van der Waals surface area contributed by atoms with Crippen LogP contribution in [0.4, 0.5) is 0 Å². The van der Waals surface area contributed by atoms with Crippen molar-refractivity contribution in [3.8, 4) is 5.75 Å². The average Bonchev–Trinajstić information content (AvgIpc) is 3.15. The van der Waals surface area contributed by atoms with Gasteiger partial charge < -0.3 is 19.8 Å². The fourth-order valence-electron chi connectivity index (χ4n) is 2.97. The number of amides is 1. The van der Waals surface area contributed by atoms with Crippen molar-refractivity contribution in [1.82, 2.24) is 20.0 Å². The zero-order valence-corrected chi connectivity index (χ0v) is 17.6. The summed E-state index contributed by atoms with van der Waals surface area (Å²) in [5.74, 6) is 0.826. The van der Waals surface area contributed by atoms with Crippen LogP contribution in [0.2, 0.25) is 0 Å². The van der Waals surface area contributed by atoms with Gasteiger partial charge in [-0.2, -0.15) is 0 Å². The predicted molar refractivity (Wildman–Crippen MR) is 115 cm³/mol. The van der Waals surface area contributed by atoms with Gasteiger partial charge in [0.05, 0.1) is 11.7 Å². The molecule has 0 spiro atoms. The van der Waals surface area contributed by atoms with Gasteiger partial charge in [-0.05, 0) is 56.5 Å². The van der Waals surface area contributed by atoms with Crippen LogP contribution in [0.3, 0.4) is 0 Å². The maximum absolute atomic E-state index is 12.1. The zero-order valence-electron chi connectivity index (χ0n) is 17.6. The third-order valence-corrected chi connectivity index (χ3v) is 5.04. The van der Waals surface area contributed by atoms with Crippen LogP contribution >= 0.6 is 0 Å². The number of nitrogens with one attached hydrogen (secondary N) is 2. The van der Waals surface area contributed by atoms with Crippen LogP contribution in [0.5, 0.6) is 5.75 Å². The van der Waals surface area contributed by atoms with Gasteiger partial charge in [-0.15, -0.1) is 0 Å². The molecule has 2 unspecified atom stereocenters. The normalized spacial score (nSPS) is 13.2. The van der Waals surface area contributed by atoms with Crippen molar-refractivity contribution in [3.63, 3.8) is 0 Å². The quantitative estimate of drug-likeness (QED) is 0.582. The Hall–Kier alpha value is -2.86. The molecule has 2 heterocycles. The van der Waals surface area contributed by atoms with E-state index in [9.17, 15) is 4.79 Å². The molecule has 3 aromatic rings. The molecule has 29 heavy (non-hydrogen) atoms. The molecule has 0 bridgehead atoms. The molecule has 3 rings (SSSR count). The van der Waals surface area contributed by atoms with Crippen LogP contribution in [-0.2, 0) is 17.9 Å². The number of hydrogen-bond acceptors (Lipinski definition) is 4. The Kier molecular flexibility index (Phi) is 6.88. The Balaban J connectivity index is 1.49. The van der Waals surface area contributed by atoms with Gasteiger partial charge >= 0.3 is 0 Å². The molecule has 0 radical (unpaired) electrons. The van der Waals surface area contributed by atoms with Crippen molar-refractivity contribution in [2.75, 3.05) is 0 Å². The molecular weight excluding hydrogens is 364 g/mol. The molecule has 0 aliphatic carbocycles. The molecule has 0 aliphatic heterocycles. The number of fused-ring (bicyclic) bond motifs is 1. The summed E-state index contributed by atoms with van der Waals surface area (Å²) in [5.41, 5.74) is 4.09. The Morgan fingerprint density at radius 2 is 1.97 bits per heavy atom. The molecule has 1 aromatic carbocycles. The van der Waals surface area contributed by atoms with E-state index in [2.05, 4.69) is 35.5 Å². The van der Waals surface area contributed by atoms with Crippen LogP contribution in [0.25, 0.3) is 5.65 Å². The van der Waals surface area contributed by atoms with Gasteiger partial charge in [0.15, 0.2) is 0 Å². The van der Waals surface area contributed by atoms with Gasteiger partial charge in [0.2, 0.25) is 5.91 Å². The SMILES string of the molecule is CCC(C)NC(=O)C(C)NCc1ccc(OCc2cn3cccc(C)c3n2)cc1. The first kappa shape index (κ1) is 20.9. The first-order valence-electron chi connectivity index (χ1n) is 10.1. The highest BCUT2D eigenvalue weighted by Gasteiger charge is 2.13. The summed E-state index contributed by atoms with van der Waals surface area (Å²) < 4.78 is 7.89. The van der Waals surface area contributed by atoms with Crippen molar-refractivity contribution in [3.05, 3.63) is 65.6 Å². The third kappa shape index (κ3) is 5.57. The monoisotopic (exact) mass is 394 g/mol. The highest BCUT2D eigenvalue weighted by Crippen LogP contribution is 2.15. The number of nitrogens with zero attached hydrogens (tertiary/aromatic N) is 2. The Morgan fingerprint density at radius 1 is 1.21 bits per heavy atom. The van der Waals surface area contributed by atoms with E-state index in [0.29, 0.717) is 13.2 Å². The molecule has 0 aliphatic rings. The number of carbonyl (C=O) groups is 1. The summed E-state index contributed by atoms with van der Waals surface area (Å²) in [4.78, 5) is 16.7. The van der Waals surface area contributed by atoms with E-state index in [1.807, 2.05) is 61.0 Å². The fraction of sp³-hybridized carbons (Fsp3) is 0.391. The summed E-state index contributed by atoms with van der Waals surface area (Å²) >= 11 is 0. The lowest BCUT2D eigenvalue weighted by Gasteiger charge is -2.17. The number of aryl methyl sites for hydroxylation is 1. The fourth-order valence-corrected chi connectivity index (χ4v) is 2.97.